The predicted octanol–water partition coefficient (Wildman–Crippen LogP) is 5.82. The molecule has 0 aliphatic carbocycles. The van der Waals surface area contributed by atoms with Gasteiger partial charge in [0.15, 0.2) is 0 Å². The number of hydrogen-bond acceptors (Lipinski definition) is 7. The van der Waals surface area contributed by atoms with Crippen molar-refractivity contribution in [2.45, 2.75) is 65.5 Å². The maximum absolute atomic E-state index is 12.9. The number of carbonyl (C=O) groups is 1. The van der Waals surface area contributed by atoms with Gasteiger partial charge in [-0.3, -0.25) is 4.98 Å². The zero-order valence-electron chi connectivity index (χ0n) is 24.9. The van der Waals surface area contributed by atoms with Crippen LogP contribution in [0.25, 0.3) is 16.6 Å². The number of aliphatic imine (C=N–C) groups is 1. The minimum atomic E-state index is -0.564. The summed E-state index contributed by atoms with van der Waals surface area (Å²) in [6.07, 6.45) is 9.47. The number of benzene rings is 1. The number of phenolic OH excluding ortho intramolecular Hbond substituents is 1. The molecule has 1 atom stereocenters. The molecular formula is C32H39N7O3. The Kier molecular flexibility index (Phi) is 8.06. The summed E-state index contributed by atoms with van der Waals surface area (Å²) in [5, 5.41) is 18.2. The normalized spacial score (nSPS) is 15.8. The number of fused-ring (bicyclic) bond motifs is 1. The van der Waals surface area contributed by atoms with E-state index in [1.54, 1.807) is 35.5 Å². The van der Waals surface area contributed by atoms with Crippen LogP contribution in [-0.4, -0.2) is 61.3 Å². The Labute approximate surface area is 246 Å². The fraction of sp³-hybridized carbons (Fsp3) is 0.375. The van der Waals surface area contributed by atoms with Gasteiger partial charge in [0.05, 0.1) is 34.7 Å². The van der Waals surface area contributed by atoms with E-state index in [4.69, 9.17) is 15.5 Å². The third-order valence-electron chi connectivity index (χ3n) is 7.47. The van der Waals surface area contributed by atoms with Gasteiger partial charge < -0.3 is 25.8 Å². The van der Waals surface area contributed by atoms with E-state index in [0.29, 0.717) is 36.6 Å². The van der Waals surface area contributed by atoms with E-state index in [9.17, 15) is 9.90 Å². The monoisotopic (exact) mass is 569 g/mol. The van der Waals surface area contributed by atoms with Crippen molar-refractivity contribution >= 4 is 28.8 Å². The number of carbonyl (C=O) groups excluding carboxylic acids is 1. The number of amidine groups is 1. The van der Waals surface area contributed by atoms with Crippen LogP contribution in [0.15, 0.2) is 60.1 Å². The average molecular weight is 570 g/mol. The van der Waals surface area contributed by atoms with Gasteiger partial charge in [0.25, 0.3) is 0 Å². The smallest absolute Gasteiger partial charge is 0.410 e. The highest BCUT2D eigenvalue weighted by molar-refractivity contribution is 6.06. The molecule has 1 aromatic carbocycles. The summed E-state index contributed by atoms with van der Waals surface area (Å²) in [5.41, 5.74) is 13.0. The highest BCUT2D eigenvalue weighted by Gasteiger charge is 2.32. The number of hydrogen-bond donors (Lipinski definition) is 3. The lowest BCUT2D eigenvalue weighted by Gasteiger charge is -2.29. The van der Waals surface area contributed by atoms with Crippen molar-refractivity contribution < 1.29 is 14.6 Å². The van der Waals surface area contributed by atoms with Gasteiger partial charge in [-0.25, -0.2) is 14.3 Å². The van der Waals surface area contributed by atoms with E-state index in [0.717, 1.165) is 46.3 Å². The average Bonchev–Trinajstić information content (AvgIpc) is 3.59. The van der Waals surface area contributed by atoms with Gasteiger partial charge in [0, 0.05) is 42.8 Å². The molecular weight excluding hydrogens is 530 g/mol. The standard InChI is InChI=1S/C32H39N7O3/c1-6-21-14-24(40)9-10-27(21)37-30(33)26-18-36-39-19-22(25-17-34-12-11-20(25)2)15-28(39)29(26)35-16-23-8-7-13-38(23)31(41)42-32(3,4)5/h9-12,14-15,17-19,23,35,40H,6-8,13,16H2,1-5H3,(H2,33,37)/t23-/m1/s1. The number of nitrogens with one attached hydrogen (secondary N) is 1. The zero-order chi connectivity index (χ0) is 30.0. The van der Waals surface area contributed by atoms with E-state index in [2.05, 4.69) is 28.4 Å². The van der Waals surface area contributed by atoms with Crippen molar-refractivity contribution in [1.82, 2.24) is 19.5 Å². The van der Waals surface area contributed by atoms with Gasteiger partial charge in [0.2, 0.25) is 0 Å². The highest BCUT2D eigenvalue weighted by atomic mass is 16.6. The van der Waals surface area contributed by atoms with Crippen LogP contribution in [0.5, 0.6) is 5.75 Å². The summed E-state index contributed by atoms with van der Waals surface area (Å²) in [6, 6.07) is 9.07. The number of phenols is 1. The fourth-order valence-corrected chi connectivity index (χ4v) is 5.33. The van der Waals surface area contributed by atoms with Crippen LogP contribution in [0.2, 0.25) is 0 Å². The largest absolute Gasteiger partial charge is 0.508 e. The minimum Gasteiger partial charge on any atom is -0.508 e. The van der Waals surface area contributed by atoms with Crippen LogP contribution in [-0.2, 0) is 11.2 Å². The van der Waals surface area contributed by atoms with Crippen molar-refractivity contribution in [1.29, 1.82) is 0 Å². The molecule has 0 radical (unpaired) electrons. The zero-order valence-corrected chi connectivity index (χ0v) is 24.9. The molecule has 10 heteroatoms. The molecule has 4 heterocycles. The summed E-state index contributed by atoms with van der Waals surface area (Å²) in [6.45, 7) is 10.8. The Morgan fingerprint density at radius 3 is 2.79 bits per heavy atom. The molecule has 1 aliphatic rings. The van der Waals surface area contributed by atoms with Crippen molar-refractivity contribution in [3.05, 3.63) is 71.8 Å². The summed E-state index contributed by atoms with van der Waals surface area (Å²) < 4.78 is 7.50. The summed E-state index contributed by atoms with van der Waals surface area (Å²) in [5.74, 6) is 0.482. The molecule has 0 bridgehead atoms. The molecule has 1 saturated heterocycles. The Morgan fingerprint density at radius 2 is 2.05 bits per heavy atom. The number of aromatic nitrogens is 3. The van der Waals surface area contributed by atoms with Crippen LogP contribution in [0, 0.1) is 6.92 Å². The molecule has 0 unspecified atom stereocenters. The second kappa shape index (κ2) is 11.7. The lowest BCUT2D eigenvalue weighted by atomic mass is 10.1. The van der Waals surface area contributed by atoms with Crippen LogP contribution >= 0.6 is 0 Å². The third kappa shape index (κ3) is 6.17. The number of aromatic hydroxyl groups is 1. The van der Waals surface area contributed by atoms with Crippen LogP contribution in [0.1, 0.15) is 57.2 Å². The number of nitrogens with two attached hydrogens (primary N) is 1. The number of anilines is 1. The third-order valence-corrected chi connectivity index (χ3v) is 7.47. The van der Waals surface area contributed by atoms with Crippen molar-refractivity contribution in [3.63, 3.8) is 0 Å². The Bertz CT molecular complexity index is 1640. The lowest BCUT2D eigenvalue weighted by Crippen LogP contribution is -2.42. The first kappa shape index (κ1) is 28.9. The van der Waals surface area contributed by atoms with Crippen LogP contribution in [0.3, 0.4) is 0 Å². The topological polar surface area (TPSA) is 130 Å². The molecule has 4 aromatic rings. The fourth-order valence-electron chi connectivity index (χ4n) is 5.33. The maximum Gasteiger partial charge on any atom is 0.410 e. The molecule has 5 rings (SSSR count). The Balaban J connectivity index is 1.54. The Morgan fingerprint density at radius 1 is 1.24 bits per heavy atom. The van der Waals surface area contributed by atoms with Crippen molar-refractivity contribution in [3.8, 4) is 16.9 Å². The maximum atomic E-state index is 12.9. The van der Waals surface area contributed by atoms with Gasteiger partial charge >= 0.3 is 6.09 Å². The van der Waals surface area contributed by atoms with E-state index in [-0.39, 0.29) is 17.9 Å². The number of ether oxygens (including phenoxy) is 1. The molecule has 1 fully saturated rings. The number of pyridine rings is 1. The molecule has 0 saturated carbocycles. The molecule has 0 spiro atoms. The number of aryl methyl sites for hydroxylation is 2. The summed E-state index contributed by atoms with van der Waals surface area (Å²) in [7, 11) is 0. The highest BCUT2D eigenvalue weighted by Crippen LogP contribution is 2.32. The van der Waals surface area contributed by atoms with Crippen LogP contribution in [0.4, 0.5) is 16.2 Å². The number of amides is 1. The van der Waals surface area contributed by atoms with Gasteiger partial charge in [-0.2, -0.15) is 5.10 Å². The van der Waals surface area contributed by atoms with Gasteiger partial charge in [-0.15, -0.1) is 0 Å². The molecule has 1 amide bonds. The first-order chi connectivity index (χ1) is 20.0. The second-order valence-electron chi connectivity index (χ2n) is 11.7. The van der Waals surface area contributed by atoms with E-state index in [1.165, 1.54) is 0 Å². The molecule has 220 valence electrons. The van der Waals surface area contributed by atoms with Gasteiger partial charge in [0.1, 0.15) is 17.2 Å². The van der Waals surface area contributed by atoms with E-state index >= 15 is 0 Å². The quantitative estimate of drug-likeness (QED) is 0.189. The molecule has 1 aliphatic heterocycles. The number of nitrogens with zero attached hydrogens (tertiary/aromatic N) is 5. The molecule has 10 nitrogen and oxygen atoms in total. The minimum absolute atomic E-state index is 0.0436. The van der Waals surface area contributed by atoms with Gasteiger partial charge in [-0.1, -0.05) is 6.92 Å². The van der Waals surface area contributed by atoms with Crippen molar-refractivity contribution in [2.75, 3.05) is 18.4 Å². The molecule has 4 N–H and O–H groups in total. The molecule has 42 heavy (non-hydrogen) atoms. The van der Waals surface area contributed by atoms with Gasteiger partial charge in [-0.05, 0) is 88.4 Å². The second-order valence-corrected chi connectivity index (χ2v) is 11.7. The summed E-state index contributed by atoms with van der Waals surface area (Å²) in [4.78, 5) is 23.8. The SMILES string of the molecule is CCc1cc(O)ccc1N=C(N)c1cnn2cc(-c3cnccc3C)cc2c1NC[C@H]1CCCN1C(=O)OC(C)(C)C. The van der Waals surface area contributed by atoms with E-state index in [1.807, 2.05) is 50.7 Å². The first-order valence-corrected chi connectivity index (χ1v) is 14.4. The number of likely N-dealkylation sites (tertiary alicyclic amines) is 1. The summed E-state index contributed by atoms with van der Waals surface area (Å²) >= 11 is 0. The number of rotatable bonds is 7. The molecule has 3 aromatic heterocycles. The Hall–Kier alpha value is -4.60. The van der Waals surface area contributed by atoms with E-state index < -0.39 is 5.60 Å². The van der Waals surface area contributed by atoms with Crippen LogP contribution < -0.4 is 11.1 Å². The first-order valence-electron chi connectivity index (χ1n) is 14.4. The lowest BCUT2D eigenvalue weighted by molar-refractivity contribution is 0.0235. The van der Waals surface area contributed by atoms with Crippen molar-refractivity contribution in [2.24, 2.45) is 10.7 Å². The predicted molar refractivity (Wildman–Crippen MR) is 165 cm³/mol.